The Kier molecular flexibility index (Phi) is 5.27. The maximum atomic E-state index is 12.1. The lowest BCUT2D eigenvalue weighted by molar-refractivity contribution is -0.138. The zero-order valence-corrected chi connectivity index (χ0v) is 12.8. The van der Waals surface area contributed by atoms with Crippen molar-refractivity contribution in [1.82, 2.24) is 4.90 Å². The summed E-state index contributed by atoms with van der Waals surface area (Å²) in [5.74, 6) is 0.0971. The van der Waals surface area contributed by atoms with E-state index in [0.717, 1.165) is 5.56 Å². The monoisotopic (exact) mass is 316 g/mol. The summed E-state index contributed by atoms with van der Waals surface area (Å²) in [5, 5.41) is 0.968. The zero-order chi connectivity index (χ0) is 14.7. The molecule has 2 rings (SSSR count). The Morgan fingerprint density at radius 3 is 2.80 bits per heavy atom. The van der Waals surface area contributed by atoms with E-state index in [1.54, 1.807) is 24.1 Å². The Balaban J connectivity index is 2.31. The third-order valence-corrected chi connectivity index (χ3v) is 4.31. The average Bonchev–Trinajstić information content (AvgIpc) is 2.43. The Labute approximate surface area is 128 Å². The van der Waals surface area contributed by atoms with Crippen LogP contribution in [-0.4, -0.2) is 37.1 Å². The molecule has 2 unspecified atom stereocenters. The minimum Gasteiger partial charge on any atom is -0.383 e. The fourth-order valence-electron chi connectivity index (χ4n) is 2.55. The summed E-state index contributed by atoms with van der Waals surface area (Å²) in [7, 11) is 1.61. The predicted octanol–water partition coefficient (Wildman–Crippen LogP) is 2.63. The molecule has 1 aromatic carbocycles. The second-order valence-electron chi connectivity index (χ2n) is 4.90. The number of carbonyl (C=O) groups is 1. The van der Waals surface area contributed by atoms with Gasteiger partial charge in [0.25, 0.3) is 0 Å². The molecule has 1 saturated heterocycles. The number of carbonyl (C=O) groups excluding carboxylic acids is 1. The van der Waals surface area contributed by atoms with Gasteiger partial charge in [-0.15, -0.1) is 0 Å². The highest BCUT2D eigenvalue weighted by molar-refractivity contribution is 6.42. The van der Waals surface area contributed by atoms with Gasteiger partial charge < -0.3 is 15.4 Å². The van der Waals surface area contributed by atoms with E-state index in [2.05, 4.69) is 0 Å². The first-order valence-electron chi connectivity index (χ1n) is 6.53. The lowest BCUT2D eigenvalue weighted by atomic mass is 9.90. The molecule has 1 fully saturated rings. The van der Waals surface area contributed by atoms with Crippen LogP contribution in [0.25, 0.3) is 0 Å². The lowest BCUT2D eigenvalue weighted by Crippen LogP contribution is -2.49. The van der Waals surface area contributed by atoms with Gasteiger partial charge in [-0.05, 0) is 24.1 Å². The minimum atomic E-state index is -0.179. The van der Waals surface area contributed by atoms with Gasteiger partial charge in [-0.25, -0.2) is 0 Å². The quantitative estimate of drug-likeness (QED) is 0.929. The van der Waals surface area contributed by atoms with Crippen molar-refractivity contribution in [3.8, 4) is 0 Å². The van der Waals surface area contributed by atoms with Crippen molar-refractivity contribution in [3.05, 3.63) is 33.8 Å². The summed E-state index contributed by atoms with van der Waals surface area (Å²) in [6.45, 7) is 1.00. The van der Waals surface area contributed by atoms with E-state index in [-0.39, 0.29) is 18.0 Å². The molecule has 0 spiro atoms. The van der Waals surface area contributed by atoms with Gasteiger partial charge in [-0.3, -0.25) is 4.79 Å². The Bertz CT molecular complexity index is 496. The van der Waals surface area contributed by atoms with E-state index < -0.39 is 0 Å². The third kappa shape index (κ3) is 3.26. The molecule has 20 heavy (non-hydrogen) atoms. The molecule has 110 valence electrons. The number of halogens is 2. The molecule has 0 saturated carbocycles. The standard InChI is InChI=1S/C14H18Cl2N2O2/c1-20-7-6-18-13(19)5-4-12(17)14(18)9-2-3-10(15)11(16)8-9/h2-3,8,12,14H,4-7,17H2,1H3. The molecule has 0 bridgehead atoms. The van der Waals surface area contributed by atoms with Crippen LogP contribution in [0.5, 0.6) is 0 Å². The van der Waals surface area contributed by atoms with Gasteiger partial charge in [-0.1, -0.05) is 29.3 Å². The fourth-order valence-corrected chi connectivity index (χ4v) is 2.86. The van der Waals surface area contributed by atoms with E-state index in [4.69, 9.17) is 33.7 Å². The summed E-state index contributed by atoms with van der Waals surface area (Å²) in [6, 6.07) is 5.10. The third-order valence-electron chi connectivity index (χ3n) is 3.57. The van der Waals surface area contributed by atoms with Crippen LogP contribution < -0.4 is 5.73 Å². The van der Waals surface area contributed by atoms with Crippen LogP contribution in [0.4, 0.5) is 0 Å². The number of methoxy groups -OCH3 is 1. The number of piperidine rings is 1. The van der Waals surface area contributed by atoms with Crippen LogP contribution in [0.3, 0.4) is 0 Å². The summed E-state index contributed by atoms with van der Waals surface area (Å²) >= 11 is 12.0. The van der Waals surface area contributed by atoms with Crippen molar-refractivity contribution >= 4 is 29.1 Å². The first-order chi connectivity index (χ1) is 9.54. The first-order valence-corrected chi connectivity index (χ1v) is 7.29. The van der Waals surface area contributed by atoms with Gasteiger partial charge in [0.15, 0.2) is 0 Å². The molecule has 2 atom stereocenters. The van der Waals surface area contributed by atoms with Crippen molar-refractivity contribution in [3.63, 3.8) is 0 Å². The van der Waals surface area contributed by atoms with Crippen molar-refractivity contribution in [2.24, 2.45) is 5.73 Å². The summed E-state index contributed by atoms with van der Waals surface area (Å²) in [4.78, 5) is 13.9. The second kappa shape index (κ2) is 6.76. The van der Waals surface area contributed by atoms with Crippen LogP contribution in [0.15, 0.2) is 18.2 Å². The summed E-state index contributed by atoms with van der Waals surface area (Å²) in [6.07, 6.45) is 1.15. The molecular weight excluding hydrogens is 299 g/mol. The molecule has 1 aliphatic rings. The van der Waals surface area contributed by atoms with Crippen molar-refractivity contribution in [2.75, 3.05) is 20.3 Å². The molecule has 1 heterocycles. The van der Waals surface area contributed by atoms with Crippen molar-refractivity contribution in [2.45, 2.75) is 24.9 Å². The molecule has 1 aliphatic heterocycles. The number of hydrogen-bond donors (Lipinski definition) is 1. The number of nitrogens with zero attached hydrogens (tertiary/aromatic N) is 1. The molecule has 4 nitrogen and oxygen atoms in total. The van der Waals surface area contributed by atoms with Gasteiger partial charge in [0.1, 0.15) is 0 Å². The number of hydrogen-bond acceptors (Lipinski definition) is 3. The maximum Gasteiger partial charge on any atom is 0.223 e. The Hall–Kier alpha value is -0.810. The van der Waals surface area contributed by atoms with Crippen molar-refractivity contribution in [1.29, 1.82) is 0 Å². The molecule has 0 radical (unpaired) electrons. The Morgan fingerprint density at radius 2 is 2.15 bits per heavy atom. The van der Waals surface area contributed by atoms with E-state index in [1.807, 2.05) is 6.07 Å². The SMILES string of the molecule is COCCN1C(=O)CCC(N)C1c1ccc(Cl)c(Cl)c1. The summed E-state index contributed by atoms with van der Waals surface area (Å²) in [5.41, 5.74) is 7.13. The predicted molar refractivity (Wildman–Crippen MR) is 80.0 cm³/mol. The number of benzene rings is 1. The average molecular weight is 317 g/mol. The van der Waals surface area contributed by atoms with Crippen LogP contribution >= 0.6 is 23.2 Å². The number of rotatable bonds is 4. The second-order valence-corrected chi connectivity index (χ2v) is 5.72. The van der Waals surface area contributed by atoms with E-state index >= 15 is 0 Å². The minimum absolute atomic E-state index is 0.0971. The molecule has 2 N–H and O–H groups in total. The smallest absolute Gasteiger partial charge is 0.223 e. The van der Waals surface area contributed by atoms with Crippen LogP contribution in [-0.2, 0) is 9.53 Å². The normalized spacial score (nSPS) is 23.2. The van der Waals surface area contributed by atoms with Crippen LogP contribution in [0, 0.1) is 0 Å². The highest BCUT2D eigenvalue weighted by atomic mass is 35.5. The molecule has 1 amide bonds. The van der Waals surface area contributed by atoms with Crippen LogP contribution in [0.2, 0.25) is 10.0 Å². The van der Waals surface area contributed by atoms with E-state index in [0.29, 0.717) is 36.0 Å². The number of nitrogens with two attached hydrogens (primary N) is 1. The molecular formula is C14H18Cl2N2O2. The van der Waals surface area contributed by atoms with Gasteiger partial charge in [-0.2, -0.15) is 0 Å². The van der Waals surface area contributed by atoms with Crippen LogP contribution in [0.1, 0.15) is 24.4 Å². The van der Waals surface area contributed by atoms with E-state index in [9.17, 15) is 4.79 Å². The highest BCUT2D eigenvalue weighted by Gasteiger charge is 2.34. The largest absolute Gasteiger partial charge is 0.383 e. The number of amides is 1. The molecule has 0 aromatic heterocycles. The van der Waals surface area contributed by atoms with Crippen molar-refractivity contribution < 1.29 is 9.53 Å². The lowest BCUT2D eigenvalue weighted by Gasteiger charge is -2.40. The first kappa shape index (κ1) is 15.6. The van der Waals surface area contributed by atoms with Gasteiger partial charge in [0, 0.05) is 26.1 Å². The van der Waals surface area contributed by atoms with Gasteiger partial charge >= 0.3 is 0 Å². The molecule has 1 aromatic rings. The molecule has 0 aliphatic carbocycles. The van der Waals surface area contributed by atoms with Gasteiger partial charge in [0.2, 0.25) is 5.91 Å². The van der Waals surface area contributed by atoms with Gasteiger partial charge in [0.05, 0.1) is 22.7 Å². The topological polar surface area (TPSA) is 55.6 Å². The maximum absolute atomic E-state index is 12.1. The number of ether oxygens (including phenoxy) is 1. The summed E-state index contributed by atoms with van der Waals surface area (Å²) < 4.78 is 5.07. The Morgan fingerprint density at radius 1 is 1.40 bits per heavy atom. The highest BCUT2D eigenvalue weighted by Crippen LogP contribution is 2.33. The molecule has 6 heteroatoms. The number of likely N-dealkylation sites (tertiary alicyclic amines) is 1. The zero-order valence-electron chi connectivity index (χ0n) is 11.3. The fraction of sp³-hybridized carbons (Fsp3) is 0.500. The van der Waals surface area contributed by atoms with E-state index in [1.165, 1.54) is 0 Å².